The fraction of sp³-hybridized carbons (Fsp3) is 0.200. The van der Waals surface area contributed by atoms with Crippen molar-refractivity contribution in [2.24, 2.45) is 0 Å². The first-order chi connectivity index (χ1) is 14.0. The molecule has 0 aliphatic heterocycles. The molecule has 150 valence electrons. The van der Waals surface area contributed by atoms with Gasteiger partial charge in [-0.05, 0) is 29.3 Å². The molecule has 0 saturated heterocycles. The van der Waals surface area contributed by atoms with Gasteiger partial charge in [0.05, 0.1) is 12.0 Å². The zero-order chi connectivity index (χ0) is 20.8. The Hall–Kier alpha value is -3.88. The minimum Gasteiger partial charge on any atom is -0.467 e. The largest absolute Gasteiger partial charge is 0.467 e. The SMILES string of the molecule is COC(=O)C(Cc1c[nH]c2ccccc12)NC(=O)OCc1ccc([N+](=O)[O-])cc1. The molecule has 2 aromatic carbocycles. The van der Waals surface area contributed by atoms with Crippen LogP contribution in [-0.4, -0.2) is 35.1 Å². The number of esters is 1. The summed E-state index contributed by atoms with van der Waals surface area (Å²) in [6, 6.07) is 12.3. The highest BCUT2D eigenvalue weighted by Gasteiger charge is 2.24. The van der Waals surface area contributed by atoms with Crippen molar-refractivity contribution in [1.82, 2.24) is 10.3 Å². The van der Waals surface area contributed by atoms with Crippen LogP contribution < -0.4 is 5.32 Å². The number of aromatic nitrogens is 1. The summed E-state index contributed by atoms with van der Waals surface area (Å²) >= 11 is 0. The summed E-state index contributed by atoms with van der Waals surface area (Å²) in [5, 5.41) is 14.1. The molecule has 1 unspecified atom stereocenters. The van der Waals surface area contributed by atoms with Crippen molar-refractivity contribution in [2.45, 2.75) is 19.1 Å². The summed E-state index contributed by atoms with van der Waals surface area (Å²) in [6.07, 6.45) is 1.21. The molecule has 0 bridgehead atoms. The predicted molar refractivity (Wildman–Crippen MR) is 104 cm³/mol. The number of carbonyl (C=O) groups is 2. The molecule has 1 atom stereocenters. The van der Waals surface area contributed by atoms with Gasteiger partial charge in [0.2, 0.25) is 0 Å². The van der Waals surface area contributed by atoms with Gasteiger partial charge in [0, 0.05) is 35.7 Å². The Morgan fingerprint density at radius 2 is 1.90 bits per heavy atom. The maximum atomic E-state index is 12.2. The number of nitro groups is 1. The summed E-state index contributed by atoms with van der Waals surface area (Å²) in [4.78, 5) is 37.6. The number of nitro benzene ring substituents is 1. The Balaban J connectivity index is 1.63. The Morgan fingerprint density at radius 1 is 1.17 bits per heavy atom. The third kappa shape index (κ3) is 4.89. The molecule has 9 heteroatoms. The summed E-state index contributed by atoms with van der Waals surface area (Å²) in [5.41, 5.74) is 2.30. The lowest BCUT2D eigenvalue weighted by Crippen LogP contribution is -2.43. The second-order valence-electron chi connectivity index (χ2n) is 6.28. The van der Waals surface area contributed by atoms with E-state index >= 15 is 0 Å². The van der Waals surface area contributed by atoms with Crippen LogP contribution in [0.15, 0.2) is 54.7 Å². The third-order valence-corrected chi connectivity index (χ3v) is 4.39. The zero-order valence-corrected chi connectivity index (χ0v) is 15.6. The van der Waals surface area contributed by atoms with Crippen molar-refractivity contribution in [1.29, 1.82) is 0 Å². The average Bonchev–Trinajstić information content (AvgIpc) is 3.14. The number of H-pyrrole nitrogens is 1. The van der Waals surface area contributed by atoms with Crippen LogP contribution in [0.2, 0.25) is 0 Å². The maximum Gasteiger partial charge on any atom is 0.408 e. The number of para-hydroxylation sites is 1. The molecule has 29 heavy (non-hydrogen) atoms. The molecule has 0 fully saturated rings. The number of nitrogens with one attached hydrogen (secondary N) is 2. The number of rotatable bonds is 7. The molecule has 0 spiro atoms. The summed E-state index contributed by atoms with van der Waals surface area (Å²) in [5.74, 6) is -0.595. The van der Waals surface area contributed by atoms with Gasteiger partial charge in [-0.25, -0.2) is 9.59 Å². The van der Waals surface area contributed by atoms with Gasteiger partial charge in [0.25, 0.3) is 5.69 Å². The first-order valence-electron chi connectivity index (χ1n) is 8.77. The van der Waals surface area contributed by atoms with Crippen LogP contribution in [0.3, 0.4) is 0 Å². The van der Waals surface area contributed by atoms with E-state index in [-0.39, 0.29) is 18.7 Å². The molecule has 9 nitrogen and oxygen atoms in total. The van der Waals surface area contributed by atoms with Crippen molar-refractivity contribution in [2.75, 3.05) is 7.11 Å². The molecule has 0 aliphatic carbocycles. The Labute approximate surface area is 165 Å². The second kappa shape index (κ2) is 8.87. The predicted octanol–water partition coefficient (Wildman–Crippen LogP) is 3.09. The standard InChI is InChI=1S/C20H19N3O6/c1-28-19(24)18(10-14-11-21-17-5-3-2-4-16(14)17)22-20(25)29-12-13-6-8-15(9-7-13)23(26)27/h2-9,11,18,21H,10,12H2,1H3,(H,22,25). The Bertz CT molecular complexity index is 1030. The number of amides is 1. The normalized spacial score (nSPS) is 11.6. The van der Waals surface area contributed by atoms with E-state index in [0.717, 1.165) is 16.5 Å². The van der Waals surface area contributed by atoms with Gasteiger partial charge < -0.3 is 19.8 Å². The number of alkyl carbamates (subject to hydrolysis) is 1. The number of hydrogen-bond acceptors (Lipinski definition) is 6. The Morgan fingerprint density at radius 3 is 2.59 bits per heavy atom. The van der Waals surface area contributed by atoms with E-state index in [0.29, 0.717) is 5.56 Å². The van der Waals surface area contributed by atoms with E-state index < -0.39 is 23.0 Å². The number of hydrogen-bond donors (Lipinski definition) is 2. The highest BCUT2D eigenvalue weighted by atomic mass is 16.6. The van der Waals surface area contributed by atoms with Crippen LogP contribution >= 0.6 is 0 Å². The van der Waals surface area contributed by atoms with Crippen LogP contribution in [0.4, 0.5) is 10.5 Å². The quantitative estimate of drug-likeness (QED) is 0.359. The maximum absolute atomic E-state index is 12.2. The van der Waals surface area contributed by atoms with Crippen LogP contribution in [-0.2, 0) is 27.3 Å². The summed E-state index contributed by atoms with van der Waals surface area (Å²) in [7, 11) is 1.24. The molecule has 1 aromatic heterocycles. The topological polar surface area (TPSA) is 124 Å². The summed E-state index contributed by atoms with van der Waals surface area (Å²) < 4.78 is 9.91. The lowest BCUT2D eigenvalue weighted by atomic mass is 10.1. The van der Waals surface area contributed by atoms with Crippen molar-refractivity contribution in [3.8, 4) is 0 Å². The van der Waals surface area contributed by atoms with Crippen LogP contribution in [0.1, 0.15) is 11.1 Å². The van der Waals surface area contributed by atoms with E-state index in [2.05, 4.69) is 10.3 Å². The van der Waals surface area contributed by atoms with E-state index in [9.17, 15) is 19.7 Å². The van der Waals surface area contributed by atoms with Gasteiger partial charge in [-0.2, -0.15) is 0 Å². The van der Waals surface area contributed by atoms with E-state index in [4.69, 9.17) is 9.47 Å². The van der Waals surface area contributed by atoms with Gasteiger partial charge >= 0.3 is 12.1 Å². The lowest BCUT2D eigenvalue weighted by Gasteiger charge is -2.16. The van der Waals surface area contributed by atoms with Crippen molar-refractivity contribution in [3.63, 3.8) is 0 Å². The number of benzene rings is 2. The van der Waals surface area contributed by atoms with Gasteiger partial charge in [0.1, 0.15) is 12.6 Å². The average molecular weight is 397 g/mol. The van der Waals surface area contributed by atoms with Crippen molar-refractivity contribution < 1.29 is 24.0 Å². The number of aromatic amines is 1. The molecule has 0 radical (unpaired) electrons. The number of methoxy groups -OCH3 is 1. The van der Waals surface area contributed by atoms with Gasteiger partial charge in [0.15, 0.2) is 0 Å². The molecular weight excluding hydrogens is 378 g/mol. The molecule has 1 amide bonds. The minimum absolute atomic E-state index is 0.0531. The van der Waals surface area contributed by atoms with Crippen LogP contribution in [0.25, 0.3) is 10.9 Å². The van der Waals surface area contributed by atoms with E-state index in [1.165, 1.54) is 31.4 Å². The van der Waals surface area contributed by atoms with Crippen LogP contribution in [0.5, 0.6) is 0 Å². The second-order valence-corrected chi connectivity index (χ2v) is 6.28. The lowest BCUT2D eigenvalue weighted by molar-refractivity contribution is -0.384. The molecule has 3 aromatic rings. The smallest absolute Gasteiger partial charge is 0.408 e. The number of non-ortho nitro benzene ring substituents is 1. The molecule has 3 rings (SSSR count). The van der Waals surface area contributed by atoms with Crippen LogP contribution in [0, 0.1) is 10.1 Å². The molecule has 2 N–H and O–H groups in total. The molecule has 0 saturated carbocycles. The number of fused-ring (bicyclic) bond motifs is 1. The van der Waals surface area contributed by atoms with Crippen molar-refractivity contribution in [3.05, 3.63) is 76.0 Å². The monoisotopic (exact) mass is 397 g/mol. The van der Waals surface area contributed by atoms with E-state index in [1.807, 2.05) is 24.3 Å². The first-order valence-corrected chi connectivity index (χ1v) is 8.77. The number of nitrogens with zero attached hydrogens (tertiary/aromatic N) is 1. The minimum atomic E-state index is -0.927. The number of carbonyl (C=O) groups excluding carboxylic acids is 2. The van der Waals surface area contributed by atoms with Gasteiger partial charge in [-0.15, -0.1) is 0 Å². The molecule has 0 aliphatic rings. The van der Waals surface area contributed by atoms with Gasteiger partial charge in [-0.1, -0.05) is 18.2 Å². The number of ether oxygens (including phenoxy) is 2. The van der Waals surface area contributed by atoms with Crippen molar-refractivity contribution >= 4 is 28.7 Å². The third-order valence-electron chi connectivity index (χ3n) is 4.39. The first kappa shape index (κ1) is 19.9. The van der Waals surface area contributed by atoms with E-state index in [1.54, 1.807) is 6.20 Å². The Kier molecular flexibility index (Phi) is 6.08. The zero-order valence-electron chi connectivity index (χ0n) is 15.6. The highest BCUT2D eigenvalue weighted by molar-refractivity contribution is 5.86. The fourth-order valence-corrected chi connectivity index (χ4v) is 2.90. The van der Waals surface area contributed by atoms with Gasteiger partial charge in [-0.3, -0.25) is 10.1 Å². The molecule has 1 heterocycles. The highest BCUT2D eigenvalue weighted by Crippen LogP contribution is 2.19. The molecular formula is C20H19N3O6. The fourth-order valence-electron chi connectivity index (χ4n) is 2.90. The summed E-state index contributed by atoms with van der Waals surface area (Å²) in [6.45, 7) is -0.0925.